The second kappa shape index (κ2) is 5.05. The highest BCUT2D eigenvalue weighted by atomic mass is 16.2. The van der Waals surface area contributed by atoms with E-state index in [-0.39, 0.29) is 12.6 Å². The van der Waals surface area contributed by atoms with Gasteiger partial charge in [0.25, 0.3) is 0 Å². The molecular weight excluding hydrogens is 242 g/mol. The predicted molar refractivity (Wildman–Crippen MR) is 72.1 cm³/mol. The molecule has 0 amide bonds. The summed E-state index contributed by atoms with van der Waals surface area (Å²) >= 11 is 0. The quantitative estimate of drug-likeness (QED) is 0.859. The fourth-order valence-corrected chi connectivity index (χ4v) is 2.71. The zero-order valence-electron chi connectivity index (χ0n) is 11.1. The smallest absolute Gasteiger partial charge is 0.128 e. The molecule has 102 valence electrons. The van der Waals surface area contributed by atoms with Crippen LogP contribution >= 0.6 is 0 Å². The number of aryl methyl sites for hydroxylation is 2. The van der Waals surface area contributed by atoms with Crippen LogP contribution in [0.4, 0.5) is 5.82 Å². The van der Waals surface area contributed by atoms with Gasteiger partial charge in [-0.3, -0.25) is 4.68 Å². The third kappa shape index (κ3) is 2.12. The number of anilines is 1. The molecule has 0 aliphatic carbocycles. The van der Waals surface area contributed by atoms with Crippen LogP contribution in [0.1, 0.15) is 30.1 Å². The van der Waals surface area contributed by atoms with Gasteiger partial charge in [0.1, 0.15) is 5.82 Å². The molecule has 0 saturated heterocycles. The monoisotopic (exact) mass is 261 g/mol. The average molecular weight is 261 g/mol. The van der Waals surface area contributed by atoms with Gasteiger partial charge in [0.05, 0.1) is 17.9 Å². The molecule has 2 N–H and O–H groups in total. The first-order valence-corrected chi connectivity index (χ1v) is 6.70. The fraction of sp³-hybridized carbons (Fsp3) is 0.538. The van der Waals surface area contributed by atoms with Crippen molar-refractivity contribution in [2.75, 3.05) is 18.5 Å². The Morgan fingerprint density at radius 2 is 2.37 bits per heavy atom. The highest BCUT2D eigenvalue weighted by molar-refractivity contribution is 5.46. The van der Waals surface area contributed by atoms with Crippen molar-refractivity contribution in [3.8, 4) is 0 Å². The fourth-order valence-electron chi connectivity index (χ4n) is 2.71. The summed E-state index contributed by atoms with van der Waals surface area (Å²) in [5.74, 6) is 1.09. The van der Waals surface area contributed by atoms with Gasteiger partial charge in [-0.1, -0.05) is 0 Å². The molecule has 6 nitrogen and oxygen atoms in total. The molecule has 0 aromatic carbocycles. The van der Waals surface area contributed by atoms with E-state index in [0.717, 1.165) is 31.6 Å². The SMILES string of the molecule is Cn1nccc1C1CCNc2c(CCCO)cnn21. The highest BCUT2D eigenvalue weighted by Gasteiger charge is 2.25. The summed E-state index contributed by atoms with van der Waals surface area (Å²) in [7, 11) is 1.97. The Labute approximate surface area is 112 Å². The summed E-state index contributed by atoms with van der Waals surface area (Å²) in [5, 5.41) is 21.1. The van der Waals surface area contributed by atoms with Crippen LogP contribution in [0.25, 0.3) is 0 Å². The number of nitrogens with zero attached hydrogens (tertiary/aromatic N) is 4. The van der Waals surface area contributed by atoms with Gasteiger partial charge in [0.2, 0.25) is 0 Å². The van der Waals surface area contributed by atoms with Crippen LogP contribution in [0.5, 0.6) is 0 Å². The van der Waals surface area contributed by atoms with E-state index in [1.165, 1.54) is 11.3 Å². The average Bonchev–Trinajstić information content (AvgIpc) is 3.02. The molecular formula is C13H19N5O. The van der Waals surface area contributed by atoms with E-state index < -0.39 is 0 Å². The minimum absolute atomic E-state index is 0.218. The molecule has 3 rings (SSSR count). The molecule has 1 aliphatic rings. The first-order chi connectivity index (χ1) is 9.31. The number of aliphatic hydroxyl groups is 1. The second-order valence-electron chi connectivity index (χ2n) is 4.90. The number of hydrogen-bond donors (Lipinski definition) is 2. The zero-order valence-corrected chi connectivity index (χ0v) is 11.1. The Morgan fingerprint density at radius 1 is 1.47 bits per heavy atom. The molecule has 0 bridgehead atoms. The van der Waals surface area contributed by atoms with Crippen molar-refractivity contribution in [1.29, 1.82) is 0 Å². The van der Waals surface area contributed by atoms with Crippen molar-refractivity contribution in [3.63, 3.8) is 0 Å². The maximum atomic E-state index is 8.95. The highest BCUT2D eigenvalue weighted by Crippen LogP contribution is 2.31. The van der Waals surface area contributed by atoms with Crippen molar-refractivity contribution in [2.24, 2.45) is 7.05 Å². The molecule has 0 radical (unpaired) electrons. The second-order valence-corrected chi connectivity index (χ2v) is 4.90. The van der Waals surface area contributed by atoms with Crippen LogP contribution in [-0.4, -0.2) is 37.8 Å². The first kappa shape index (κ1) is 12.2. The van der Waals surface area contributed by atoms with Gasteiger partial charge in [-0.05, 0) is 25.3 Å². The molecule has 0 saturated carbocycles. The normalized spacial score (nSPS) is 18.1. The molecule has 2 aromatic heterocycles. The van der Waals surface area contributed by atoms with E-state index in [2.05, 4.69) is 21.6 Å². The van der Waals surface area contributed by atoms with Crippen molar-refractivity contribution in [3.05, 3.63) is 29.7 Å². The van der Waals surface area contributed by atoms with E-state index >= 15 is 0 Å². The van der Waals surface area contributed by atoms with Gasteiger partial charge >= 0.3 is 0 Å². The minimum atomic E-state index is 0.218. The first-order valence-electron chi connectivity index (χ1n) is 6.70. The van der Waals surface area contributed by atoms with Crippen LogP contribution in [0.15, 0.2) is 18.5 Å². The van der Waals surface area contributed by atoms with E-state index in [9.17, 15) is 0 Å². The summed E-state index contributed by atoms with van der Waals surface area (Å²) in [6.45, 7) is 1.16. The summed E-state index contributed by atoms with van der Waals surface area (Å²) < 4.78 is 3.96. The Kier molecular flexibility index (Phi) is 3.25. The molecule has 2 aromatic rings. The van der Waals surface area contributed by atoms with Gasteiger partial charge in [0.15, 0.2) is 0 Å². The van der Waals surface area contributed by atoms with Crippen LogP contribution < -0.4 is 5.32 Å². The van der Waals surface area contributed by atoms with Crippen molar-refractivity contribution in [2.45, 2.75) is 25.3 Å². The molecule has 1 atom stereocenters. The number of hydrogen-bond acceptors (Lipinski definition) is 4. The van der Waals surface area contributed by atoms with Crippen LogP contribution in [-0.2, 0) is 13.5 Å². The molecule has 3 heterocycles. The van der Waals surface area contributed by atoms with Gasteiger partial charge in [0, 0.05) is 32.0 Å². The van der Waals surface area contributed by atoms with Gasteiger partial charge in [-0.2, -0.15) is 10.2 Å². The number of fused-ring (bicyclic) bond motifs is 1. The number of aliphatic hydroxyl groups excluding tert-OH is 1. The largest absolute Gasteiger partial charge is 0.396 e. The van der Waals surface area contributed by atoms with E-state index in [1.807, 2.05) is 28.8 Å². The van der Waals surface area contributed by atoms with Gasteiger partial charge in [-0.25, -0.2) is 4.68 Å². The van der Waals surface area contributed by atoms with Gasteiger partial charge < -0.3 is 10.4 Å². The maximum Gasteiger partial charge on any atom is 0.128 e. The van der Waals surface area contributed by atoms with E-state index in [0.29, 0.717) is 0 Å². The predicted octanol–water partition coefficient (Wildman–Crippen LogP) is 0.946. The van der Waals surface area contributed by atoms with Crippen molar-refractivity contribution >= 4 is 5.82 Å². The van der Waals surface area contributed by atoms with Crippen molar-refractivity contribution in [1.82, 2.24) is 19.6 Å². The lowest BCUT2D eigenvalue weighted by atomic mass is 10.1. The van der Waals surface area contributed by atoms with Crippen LogP contribution in [0, 0.1) is 0 Å². The molecule has 1 unspecified atom stereocenters. The Morgan fingerprint density at radius 3 is 3.11 bits per heavy atom. The number of aromatic nitrogens is 4. The van der Waals surface area contributed by atoms with Crippen molar-refractivity contribution < 1.29 is 5.11 Å². The maximum absolute atomic E-state index is 8.95. The zero-order chi connectivity index (χ0) is 13.2. The molecule has 1 aliphatic heterocycles. The van der Waals surface area contributed by atoms with E-state index in [1.54, 1.807) is 0 Å². The summed E-state index contributed by atoms with van der Waals surface area (Å²) in [6, 6.07) is 2.29. The Bertz CT molecular complexity index is 559. The number of nitrogens with one attached hydrogen (secondary N) is 1. The van der Waals surface area contributed by atoms with Crippen LogP contribution in [0.2, 0.25) is 0 Å². The third-order valence-electron chi connectivity index (χ3n) is 3.68. The Balaban J connectivity index is 1.93. The minimum Gasteiger partial charge on any atom is -0.396 e. The van der Waals surface area contributed by atoms with Gasteiger partial charge in [-0.15, -0.1) is 0 Å². The lowest BCUT2D eigenvalue weighted by molar-refractivity contribution is 0.288. The third-order valence-corrected chi connectivity index (χ3v) is 3.68. The summed E-state index contributed by atoms with van der Waals surface area (Å²) in [5.41, 5.74) is 2.36. The van der Waals surface area contributed by atoms with E-state index in [4.69, 9.17) is 5.11 Å². The lowest BCUT2D eigenvalue weighted by Crippen LogP contribution is -2.26. The molecule has 0 spiro atoms. The lowest BCUT2D eigenvalue weighted by Gasteiger charge is -2.26. The molecule has 0 fully saturated rings. The summed E-state index contributed by atoms with van der Waals surface area (Å²) in [4.78, 5) is 0. The summed E-state index contributed by atoms with van der Waals surface area (Å²) in [6.07, 6.45) is 6.38. The molecule has 19 heavy (non-hydrogen) atoms. The van der Waals surface area contributed by atoms with Crippen LogP contribution in [0.3, 0.4) is 0 Å². The Hall–Kier alpha value is -1.82. The molecule has 6 heteroatoms. The number of rotatable bonds is 4. The standard InChI is InChI=1S/C13H19N5O/c1-17-11(5-7-15-17)12-4-6-14-13-10(3-2-8-19)9-16-18(12)13/h5,7,9,12,14,19H,2-4,6,8H2,1H3. The topological polar surface area (TPSA) is 67.9 Å².